The van der Waals surface area contributed by atoms with Crippen molar-refractivity contribution in [1.82, 2.24) is 14.9 Å². The fourth-order valence-corrected chi connectivity index (χ4v) is 2.34. The van der Waals surface area contributed by atoms with Crippen LogP contribution in [0.5, 0.6) is 0 Å². The van der Waals surface area contributed by atoms with Gasteiger partial charge in [-0.1, -0.05) is 20.8 Å². The third-order valence-corrected chi connectivity index (χ3v) is 3.65. The average Bonchev–Trinajstić information content (AvgIpc) is 2.90. The van der Waals surface area contributed by atoms with Gasteiger partial charge in [0.2, 0.25) is 0 Å². The summed E-state index contributed by atoms with van der Waals surface area (Å²) < 4.78 is 2.19. The lowest BCUT2D eigenvalue weighted by Crippen LogP contribution is -2.43. The lowest BCUT2D eigenvalue weighted by Gasteiger charge is -2.26. The minimum Gasteiger partial charge on any atom is -0.335 e. The molecule has 19 heavy (non-hydrogen) atoms. The van der Waals surface area contributed by atoms with E-state index in [2.05, 4.69) is 41.7 Å². The molecule has 0 saturated heterocycles. The Labute approximate surface area is 116 Å². The van der Waals surface area contributed by atoms with Gasteiger partial charge in [-0.15, -0.1) is 0 Å². The molecule has 0 fully saturated rings. The molecular formula is C15H26N4. The van der Waals surface area contributed by atoms with Crippen molar-refractivity contribution in [1.29, 1.82) is 5.26 Å². The summed E-state index contributed by atoms with van der Waals surface area (Å²) in [5, 5.41) is 12.8. The Morgan fingerprint density at radius 2 is 2.21 bits per heavy atom. The average molecular weight is 262 g/mol. The SMILES string of the molecule is CCCNC(C#N)(CC)CCCn1ccnc1CC. The molecule has 1 heterocycles. The maximum absolute atomic E-state index is 9.43. The smallest absolute Gasteiger partial charge is 0.108 e. The van der Waals surface area contributed by atoms with Gasteiger partial charge in [0.1, 0.15) is 11.4 Å². The van der Waals surface area contributed by atoms with E-state index < -0.39 is 0 Å². The van der Waals surface area contributed by atoms with Crippen molar-refractivity contribution in [3.05, 3.63) is 18.2 Å². The Balaban J connectivity index is 2.51. The van der Waals surface area contributed by atoms with Crippen molar-refractivity contribution >= 4 is 0 Å². The molecule has 106 valence electrons. The number of aryl methyl sites for hydroxylation is 2. The lowest BCUT2D eigenvalue weighted by molar-refractivity contribution is 0.354. The van der Waals surface area contributed by atoms with Crippen LogP contribution in [0.2, 0.25) is 0 Å². The summed E-state index contributed by atoms with van der Waals surface area (Å²) in [4.78, 5) is 4.32. The molecule has 0 aliphatic carbocycles. The van der Waals surface area contributed by atoms with Gasteiger partial charge in [-0.2, -0.15) is 5.26 Å². The van der Waals surface area contributed by atoms with Gasteiger partial charge >= 0.3 is 0 Å². The predicted octanol–water partition coefficient (Wildman–Crippen LogP) is 2.90. The third kappa shape index (κ3) is 4.36. The molecule has 1 aromatic heterocycles. The standard InChI is InChI=1S/C15H26N4/c1-4-9-18-15(6-3,13-16)8-7-11-19-12-10-17-14(19)5-2/h10,12,18H,4-9,11H2,1-3H3. The maximum atomic E-state index is 9.43. The van der Waals surface area contributed by atoms with Crippen LogP contribution in [0, 0.1) is 11.3 Å². The van der Waals surface area contributed by atoms with Crippen LogP contribution in [-0.4, -0.2) is 21.6 Å². The van der Waals surface area contributed by atoms with Crippen LogP contribution in [0.4, 0.5) is 0 Å². The van der Waals surface area contributed by atoms with E-state index >= 15 is 0 Å². The fraction of sp³-hybridized carbons (Fsp3) is 0.733. The van der Waals surface area contributed by atoms with Crippen LogP contribution in [0.25, 0.3) is 0 Å². The van der Waals surface area contributed by atoms with Gasteiger partial charge in [0, 0.05) is 25.4 Å². The van der Waals surface area contributed by atoms with Gasteiger partial charge in [-0.05, 0) is 32.2 Å². The second-order valence-corrected chi connectivity index (χ2v) is 4.97. The van der Waals surface area contributed by atoms with E-state index in [4.69, 9.17) is 0 Å². The summed E-state index contributed by atoms with van der Waals surface area (Å²) in [6.45, 7) is 8.19. The number of hydrogen-bond acceptors (Lipinski definition) is 3. The maximum Gasteiger partial charge on any atom is 0.108 e. The van der Waals surface area contributed by atoms with Gasteiger partial charge in [0.25, 0.3) is 0 Å². The monoisotopic (exact) mass is 262 g/mol. The highest BCUT2D eigenvalue weighted by atomic mass is 15.1. The van der Waals surface area contributed by atoms with E-state index in [9.17, 15) is 5.26 Å². The Bertz CT molecular complexity index is 405. The fourth-order valence-electron chi connectivity index (χ4n) is 2.34. The van der Waals surface area contributed by atoms with Crippen molar-refractivity contribution in [2.75, 3.05) is 6.54 Å². The van der Waals surface area contributed by atoms with Crippen molar-refractivity contribution in [3.8, 4) is 6.07 Å². The molecule has 1 unspecified atom stereocenters. The number of imidazole rings is 1. The zero-order chi connectivity index (χ0) is 14.1. The van der Waals surface area contributed by atoms with E-state index in [-0.39, 0.29) is 5.54 Å². The molecule has 1 atom stereocenters. The summed E-state index contributed by atoms with van der Waals surface area (Å²) in [7, 11) is 0. The van der Waals surface area contributed by atoms with Gasteiger partial charge in [-0.25, -0.2) is 4.98 Å². The first-order chi connectivity index (χ1) is 9.21. The number of rotatable bonds is 9. The molecule has 1 N–H and O–H groups in total. The Morgan fingerprint density at radius 3 is 2.79 bits per heavy atom. The summed E-state index contributed by atoms with van der Waals surface area (Å²) >= 11 is 0. The van der Waals surface area contributed by atoms with E-state index in [1.165, 1.54) is 0 Å². The highest BCUT2D eigenvalue weighted by molar-refractivity contribution is 5.06. The number of aromatic nitrogens is 2. The quantitative estimate of drug-likeness (QED) is 0.744. The van der Waals surface area contributed by atoms with Crippen molar-refractivity contribution < 1.29 is 0 Å². The molecule has 0 spiro atoms. The zero-order valence-electron chi connectivity index (χ0n) is 12.4. The van der Waals surface area contributed by atoms with Crippen molar-refractivity contribution in [3.63, 3.8) is 0 Å². The van der Waals surface area contributed by atoms with E-state index in [1.807, 2.05) is 12.4 Å². The summed E-state index contributed by atoms with van der Waals surface area (Å²) in [5.41, 5.74) is -0.358. The molecule has 4 nitrogen and oxygen atoms in total. The van der Waals surface area contributed by atoms with Crippen LogP contribution >= 0.6 is 0 Å². The van der Waals surface area contributed by atoms with Gasteiger partial charge < -0.3 is 4.57 Å². The molecule has 1 aromatic rings. The molecular weight excluding hydrogens is 236 g/mol. The Kier molecular flexibility index (Phi) is 6.58. The highest BCUT2D eigenvalue weighted by Gasteiger charge is 2.26. The number of nitriles is 1. The summed E-state index contributed by atoms with van der Waals surface area (Å²) in [5.74, 6) is 1.13. The minimum atomic E-state index is -0.358. The van der Waals surface area contributed by atoms with Gasteiger partial charge in [0.05, 0.1) is 6.07 Å². The molecule has 0 amide bonds. The number of nitrogens with one attached hydrogen (secondary N) is 1. The largest absolute Gasteiger partial charge is 0.335 e. The Morgan fingerprint density at radius 1 is 1.42 bits per heavy atom. The van der Waals surface area contributed by atoms with Gasteiger partial charge in [0.15, 0.2) is 0 Å². The number of hydrogen-bond donors (Lipinski definition) is 1. The van der Waals surface area contributed by atoms with E-state index in [0.29, 0.717) is 0 Å². The Hall–Kier alpha value is -1.34. The topological polar surface area (TPSA) is 53.6 Å². The number of nitrogens with zero attached hydrogens (tertiary/aromatic N) is 3. The molecule has 4 heteroatoms. The minimum absolute atomic E-state index is 0.358. The molecule has 0 aliphatic heterocycles. The van der Waals surface area contributed by atoms with Crippen LogP contribution in [0.3, 0.4) is 0 Å². The van der Waals surface area contributed by atoms with Crippen LogP contribution in [-0.2, 0) is 13.0 Å². The third-order valence-electron chi connectivity index (χ3n) is 3.65. The first-order valence-electron chi connectivity index (χ1n) is 7.37. The highest BCUT2D eigenvalue weighted by Crippen LogP contribution is 2.17. The molecule has 0 saturated carbocycles. The molecule has 0 radical (unpaired) electrons. The first kappa shape index (κ1) is 15.7. The zero-order valence-corrected chi connectivity index (χ0v) is 12.4. The van der Waals surface area contributed by atoms with Crippen LogP contribution < -0.4 is 5.32 Å². The normalized spacial score (nSPS) is 14.0. The second kappa shape index (κ2) is 7.96. The van der Waals surface area contributed by atoms with Crippen LogP contribution in [0.15, 0.2) is 12.4 Å². The van der Waals surface area contributed by atoms with E-state index in [0.717, 1.165) is 51.0 Å². The van der Waals surface area contributed by atoms with Crippen LogP contribution in [0.1, 0.15) is 52.3 Å². The summed E-state index contributed by atoms with van der Waals surface area (Å²) in [6, 6.07) is 2.47. The van der Waals surface area contributed by atoms with E-state index in [1.54, 1.807) is 0 Å². The molecule has 0 aliphatic rings. The molecule has 1 rings (SSSR count). The molecule has 0 aromatic carbocycles. The van der Waals surface area contributed by atoms with Crippen molar-refractivity contribution in [2.24, 2.45) is 0 Å². The van der Waals surface area contributed by atoms with Crippen molar-refractivity contribution in [2.45, 2.75) is 65.0 Å². The lowest BCUT2D eigenvalue weighted by atomic mass is 9.92. The second-order valence-electron chi connectivity index (χ2n) is 4.97. The predicted molar refractivity (Wildman–Crippen MR) is 77.8 cm³/mol. The van der Waals surface area contributed by atoms with Gasteiger partial charge in [-0.3, -0.25) is 5.32 Å². The molecule has 0 bridgehead atoms. The summed E-state index contributed by atoms with van der Waals surface area (Å²) in [6.07, 6.45) is 8.64. The first-order valence-corrected chi connectivity index (χ1v) is 7.37.